The van der Waals surface area contributed by atoms with Crippen LogP contribution in [0.1, 0.15) is 33.6 Å². The van der Waals surface area contributed by atoms with Crippen molar-refractivity contribution in [3.8, 4) is 0 Å². The van der Waals surface area contributed by atoms with Gasteiger partial charge in [-0.2, -0.15) is 0 Å². The average molecular weight is 470 g/mol. The number of nitrogens with one attached hydrogen (secondary N) is 1. The molecule has 0 unspecified atom stereocenters. The van der Waals surface area contributed by atoms with Crippen LogP contribution in [0.4, 0.5) is 5.69 Å². The first-order chi connectivity index (χ1) is 14.3. The molecular formula is C20H15Cl3N2O5. The zero-order valence-corrected chi connectivity index (χ0v) is 17.7. The summed E-state index contributed by atoms with van der Waals surface area (Å²) in [6.45, 7) is -0.449. The lowest BCUT2D eigenvalue weighted by molar-refractivity contribution is -0.147. The van der Waals surface area contributed by atoms with E-state index in [2.05, 4.69) is 5.32 Å². The Hall–Kier alpha value is -2.61. The minimum absolute atomic E-state index is 0.0613. The molecule has 0 bridgehead atoms. The normalized spacial score (nSPS) is 12.7. The van der Waals surface area contributed by atoms with E-state index >= 15 is 0 Å². The third-order valence-corrected chi connectivity index (χ3v) is 5.32. The Kier molecular flexibility index (Phi) is 6.97. The molecule has 1 heterocycles. The highest BCUT2D eigenvalue weighted by Gasteiger charge is 2.34. The first kappa shape index (κ1) is 22.1. The molecule has 2 aromatic carbocycles. The number of imide groups is 1. The van der Waals surface area contributed by atoms with Gasteiger partial charge in [-0.15, -0.1) is 0 Å². The van der Waals surface area contributed by atoms with Crippen LogP contribution in [0.15, 0.2) is 36.4 Å². The van der Waals surface area contributed by atoms with Crippen LogP contribution in [0, 0.1) is 0 Å². The summed E-state index contributed by atoms with van der Waals surface area (Å²) in [6, 6.07) is 9.30. The van der Waals surface area contributed by atoms with Gasteiger partial charge < -0.3 is 10.1 Å². The van der Waals surface area contributed by atoms with Crippen molar-refractivity contribution in [2.24, 2.45) is 0 Å². The maximum absolute atomic E-state index is 12.3. The van der Waals surface area contributed by atoms with Crippen molar-refractivity contribution in [2.45, 2.75) is 12.8 Å². The Bertz CT molecular complexity index is 1010. The molecule has 30 heavy (non-hydrogen) atoms. The van der Waals surface area contributed by atoms with Crippen molar-refractivity contribution < 1.29 is 23.9 Å². The number of ether oxygens (including phenoxy) is 1. The molecule has 0 aliphatic carbocycles. The maximum atomic E-state index is 12.3. The van der Waals surface area contributed by atoms with Crippen molar-refractivity contribution >= 4 is 64.2 Å². The number of hydrogen-bond acceptors (Lipinski definition) is 5. The predicted molar refractivity (Wildman–Crippen MR) is 112 cm³/mol. The number of nitrogens with zero attached hydrogens (tertiary/aromatic N) is 1. The molecule has 3 rings (SSSR count). The molecule has 0 radical (unpaired) electrons. The topological polar surface area (TPSA) is 92.8 Å². The van der Waals surface area contributed by atoms with Gasteiger partial charge in [0, 0.05) is 13.0 Å². The Morgan fingerprint density at radius 1 is 0.933 bits per heavy atom. The number of anilines is 1. The molecule has 2 aromatic rings. The minimum Gasteiger partial charge on any atom is -0.456 e. The Balaban J connectivity index is 1.43. The zero-order valence-electron chi connectivity index (χ0n) is 15.4. The Morgan fingerprint density at radius 3 is 2.17 bits per heavy atom. The summed E-state index contributed by atoms with van der Waals surface area (Å²) in [7, 11) is 0. The number of hydrogen-bond donors (Lipinski definition) is 1. The van der Waals surface area contributed by atoms with Gasteiger partial charge in [-0.25, -0.2) is 0 Å². The number of halogens is 3. The van der Waals surface area contributed by atoms with Gasteiger partial charge in [-0.1, -0.05) is 46.9 Å². The van der Waals surface area contributed by atoms with Crippen LogP contribution in [0.5, 0.6) is 0 Å². The summed E-state index contributed by atoms with van der Waals surface area (Å²) in [5.41, 5.74) is 0.933. The quantitative estimate of drug-likeness (QED) is 0.373. The van der Waals surface area contributed by atoms with Crippen molar-refractivity contribution in [3.63, 3.8) is 0 Å². The number of benzene rings is 2. The number of fused-ring (bicyclic) bond motifs is 1. The van der Waals surface area contributed by atoms with Crippen LogP contribution >= 0.6 is 34.8 Å². The highest BCUT2D eigenvalue weighted by molar-refractivity contribution is 6.44. The molecule has 10 heteroatoms. The standard InChI is InChI=1S/C20H15Cl3N2O5/c21-13-8-15(23)16(9-14(13)22)24-17(26)10-30-18(27)6-3-7-25-19(28)11-4-1-2-5-12(11)20(25)29/h1-2,4-5,8-9H,3,6-7,10H2,(H,24,26). The van der Waals surface area contributed by atoms with Crippen LogP contribution < -0.4 is 5.32 Å². The highest BCUT2D eigenvalue weighted by Crippen LogP contribution is 2.32. The number of amides is 3. The Morgan fingerprint density at radius 2 is 1.53 bits per heavy atom. The molecule has 0 saturated heterocycles. The maximum Gasteiger partial charge on any atom is 0.306 e. The molecule has 1 N–H and O–H groups in total. The van der Waals surface area contributed by atoms with Gasteiger partial charge in [0.05, 0.1) is 31.9 Å². The van der Waals surface area contributed by atoms with Gasteiger partial charge in [0.1, 0.15) is 0 Å². The smallest absolute Gasteiger partial charge is 0.306 e. The fourth-order valence-corrected chi connectivity index (χ4v) is 3.44. The lowest BCUT2D eigenvalue weighted by Crippen LogP contribution is -2.31. The second kappa shape index (κ2) is 9.47. The van der Waals surface area contributed by atoms with E-state index < -0.39 is 18.5 Å². The number of rotatable bonds is 7. The molecule has 1 aliphatic heterocycles. The average Bonchev–Trinajstić information content (AvgIpc) is 2.95. The van der Waals surface area contributed by atoms with Gasteiger partial charge in [0.25, 0.3) is 17.7 Å². The third kappa shape index (κ3) is 4.92. The lowest BCUT2D eigenvalue weighted by Gasteiger charge is -2.13. The fraction of sp³-hybridized carbons (Fsp3) is 0.200. The molecule has 7 nitrogen and oxygen atoms in total. The largest absolute Gasteiger partial charge is 0.456 e. The Labute approximate surface area is 186 Å². The first-order valence-electron chi connectivity index (χ1n) is 8.83. The summed E-state index contributed by atoms with van der Waals surface area (Å²) in [5, 5.41) is 3.10. The van der Waals surface area contributed by atoms with E-state index in [1.807, 2.05) is 0 Å². The van der Waals surface area contributed by atoms with Crippen LogP contribution in [0.2, 0.25) is 15.1 Å². The summed E-state index contributed by atoms with van der Waals surface area (Å²) in [5.74, 6) is -2.02. The number of carbonyl (C=O) groups excluding carboxylic acids is 4. The summed E-state index contributed by atoms with van der Waals surface area (Å²) in [6.07, 6.45) is 0.152. The second-order valence-corrected chi connectivity index (χ2v) is 7.59. The van der Waals surface area contributed by atoms with E-state index in [9.17, 15) is 19.2 Å². The highest BCUT2D eigenvalue weighted by atomic mass is 35.5. The van der Waals surface area contributed by atoms with Crippen LogP contribution in [0.25, 0.3) is 0 Å². The molecule has 0 spiro atoms. The van der Waals surface area contributed by atoms with Gasteiger partial charge in [0.15, 0.2) is 6.61 Å². The van der Waals surface area contributed by atoms with Crippen molar-refractivity contribution in [1.29, 1.82) is 0 Å². The van der Waals surface area contributed by atoms with Crippen LogP contribution in [-0.4, -0.2) is 41.7 Å². The second-order valence-electron chi connectivity index (χ2n) is 6.37. The predicted octanol–water partition coefficient (Wildman–Crippen LogP) is 4.20. The zero-order chi connectivity index (χ0) is 21.8. The minimum atomic E-state index is -0.637. The fourth-order valence-electron chi connectivity index (χ4n) is 2.85. The van der Waals surface area contributed by atoms with E-state index in [4.69, 9.17) is 39.5 Å². The van der Waals surface area contributed by atoms with E-state index in [0.29, 0.717) is 11.1 Å². The van der Waals surface area contributed by atoms with Gasteiger partial charge in [-0.3, -0.25) is 24.1 Å². The lowest BCUT2D eigenvalue weighted by atomic mass is 10.1. The number of esters is 1. The van der Waals surface area contributed by atoms with Gasteiger partial charge in [-0.05, 0) is 30.7 Å². The first-order valence-corrected chi connectivity index (χ1v) is 9.96. The van der Waals surface area contributed by atoms with Crippen molar-refractivity contribution in [1.82, 2.24) is 4.90 Å². The number of carbonyl (C=O) groups is 4. The van der Waals surface area contributed by atoms with E-state index in [1.165, 1.54) is 12.1 Å². The molecule has 0 fully saturated rings. The SMILES string of the molecule is O=C(COC(=O)CCCN1C(=O)c2ccccc2C1=O)Nc1cc(Cl)c(Cl)cc1Cl. The monoisotopic (exact) mass is 468 g/mol. The summed E-state index contributed by atoms with van der Waals surface area (Å²) >= 11 is 17.7. The summed E-state index contributed by atoms with van der Waals surface area (Å²) < 4.78 is 4.91. The van der Waals surface area contributed by atoms with Crippen molar-refractivity contribution in [3.05, 3.63) is 62.6 Å². The van der Waals surface area contributed by atoms with E-state index in [-0.39, 0.29) is 52.0 Å². The van der Waals surface area contributed by atoms with Crippen LogP contribution in [0.3, 0.4) is 0 Å². The van der Waals surface area contributed by atoms with Crippen molar-refractivity contribution in [2.75, 3.05) is 18.5 Å². The van der Waals surface area contributed by atoms with Crippen LogP contribution in [-0.2, 0) is 14.3 Å². The van der Waals surface area contributed by atoms with Gasteiger partial charge >= 0.3 is 5.97 Å². The third-order valence-electron chi connectivity index (χ3n) is 4.29. The molecule has 0 saturated carbocycles. The molecule has 0 aromatic heterocycles. The van der Waals surface area contributed by atoms with E-state index in [0.717, 1.165) is 4.90 Å². The molecule has 3 amide bonds. The molecule has 156 valence electrons. The van der Waals surface area contributed by atoms with Gasteiger partial charge in [0.2, 0.25) is 0 Å². The molecule has 1 aliphatic rings. The molecular weight excluding hydrogens is 455 g/mol. The van der Waals surface area contributed by atoms with E-state index in [1.54, 1.807) is 24.3 Å². The summed E-state index contributed by atoms with van der Waals surface area (Å²) in [4.78, 5) is 49.4. The molecule has 0 atom stereocenters.